The lowest BCUT2D eigenvalue weighted by molar-refractivity contribution is -0.126. The molecule has 0 aliphatic carbocycles. The maximum absolute atomic E-state index is 12.7. The van der Waals surface area contributed by atoms with Gasteiger partial charge in [0.05, 0.1) is 12.3 Å². The number of nitrogens with one attached hydrogen (secondary N) is 1. The van der Waals surface area contributed by atoms with Crippen molar-refractivity contribution in [2.45, 2.75) is 45.2 Å². The van der Waals surface area contributed by atoms with Crippen molar-refractivity contribution in [2.75, 3.05) is 32.4 Å². The monoisotopic (exact) mass is 387 g/mol. The molecule has 0 spiro atoms. The summed E-state index contributed by atoms with van der Waals surface area (Å²) in [4.78, 5) is 15.0. The molecule has 1 saturated heterocycles. The molecule has 2 rings (SSSR count). The average molecular weight is 388 g/mol. The van der Waals surface area contributed by atoms with Crippen molar-refractivity contribution in [3.63, 3.8) is 0 Å². The minimum Gasteiger partial charge on any atom is -0.353 e. The summed E-state index contributed by atoms with van der Waals surface area (Å²) >= 11 is 1.65. The molecule has 0 radical (unpaired) electrons. The summed E-state index contributed by atoms with van der Waals surface area (Å²) < 4.78 is 25.3. The number of amides is 1. The van der Waals surface area contributed by atoms with Gasteiger partial charge in [0, 0.05) is 13.1 Å². The normalized spacial score (nSPS) is 20.6. The second-order valence-electron chi connectivity index (χ2n) is 6.42. The van der Waals surface area contributed by atoms with Crippen molar-refractivity contribution < 1.29 is 13.2 Å². The fourth-order valence-electron chi connectivity index (χ4n) is 3.47. The van der Waals surface area contributed by atoms with Crippen LogP contribution in [0.1, 0.15) is 44.7 Å². The van der Waals surface area contributed by atoms with Gasteiger partial charge in [-0.3, -0.25) is 9.69 Å². The number of carbonyl (C=O) groups is 1. The molecule has 1 aliphatic heterocycles. The van der Waals surface area contributed by atoms with E-state index in [1.54, 1.807) is 11.3 Å². The molecule has 8 heteroatoms. The van der Waals surface area contributed by atoms with Gasteiger partial charge < -0.3 is 5.32 Å². The van der Waals surface area contributed by atoms with Gasteiger partial charge in [0.1, 0.15) is 6.04 Å². The Kier molecular flexibility index (Phi) is 7.42. The molecule has 1 aromatic rings. The van der Waals surface area contributed by atoms with Crippen LogP contribution in [0.2, 0.25) is 0 Å². The summed E-state index contributed by atoms with van der Waals surface area (Å²) in [6, 6.07) is 1.62. The molecule has 2 heterocycles. The van der Waals surface area contributed by atoms with Crippen LogP contribution in [-0.2, 0) is 14.8 Å². The van der Waals surface area contributed by atoms with E-state index in [9.17, 15) is 13.2 Å². The highest BCUT2D eigenvalue weighted by Crippen LogP contribution is 2.23. The number of likely N-dealkylation sites (N-methyl/N-ethyl adjacent to an activating group) is 1. The van der Waals surface area contributed by atoms with Gasteiger partial charge in [-0.1, -0.05) is 20.3 Å². The molecular weight excluding hydrogens is 358 g/mol. The number of sulfonamides is 1. The third-order valence-electron chi connectivity index (χ3n) is 4.83. The SMILES string of the molecule is CCN(CC)[C@H](CNC(=O)[C@@H]1CCCCN1S(C)(=O)=O)c1ccsc1. The molecule has 1 fully saturated rings. The first-order chi connectivity index (χ1) is 11.9. The average Bonchev–Trinajstić information content (AvgIpc) is 3.11. The highest BCUT2D eigenvalue weighted by molar-refractivity contribution is 7.88. The summed E-state index contributed by atoms with van der Waals surface area (Å²) in [6.45, 7) is 6.93. The lowest BCUT2D eigenvalue weighted by Crippen LogP contribution is -2.52. The van der Waals surface area contributed by atoms with E-state index in [4.69, 9.17) is 0 Å². The zero-order chi connectivity index (χ0) is 18.4. The number of hydrogen-bond acceptors (Lipinski definition) is 5. The fraction of sp³-hybridized carbons (Fsp3) is 0.706. The molecule has 6 nitrogen and oxygen atoms in total. The molecule has 1 aromatic heterocycles. The third-order valence-corrected chi connectivity index (χ3v) is 6.82. The van der Waals surface area contributed by atoms with Crippen LogP contribution < -0.4 is 5.32 Å². The van der Waals surface area contributed by atoms with E-state index in [-0.39, 0.29) is 11.9 Å². The second-order valence-corrected chi connectivity index (χ2v) is 9.14. The lowest BCUT2D eigenvalue weighted by Gasteiger charge is -2.34. The van der Waals surface area contributed by atoms with Crippen molar-refractivity contribution >= 4 is 27.3 Å². The Morgan fingerprint density at radius 3 is 2.68 bits per heavy atom. The van der Waals surface area contributed by atoms with Gasteiger partial charge in [-0.15, -0.1) is 0 Å². The van der Waals surface area contributed by atoms with Crippen LogP contribution in [-0.4, -0.2) is 62.0 Å². The van der Waals surface area contributed by atoms with Gasteiger partial charge in [-0.25, -0.2) is 8.42 Å². The quantitative estimate of drug-likeness (QED) is 0.741. The van der Waals surface area contributed by atoms with Crippen molar-refractivity contribution in [1.82, 2.24) is 14.5 Å². The van der Waals surface area contributed by atoms with E-state index in [0.29, 0.717) is 19.5 Å². The van der Waals surface area contributed by atoms with Crippen LogP contribution >= 0.6 is 11.3 Å². The molecule has 0 aromatic carbocycles. The topological polar surface area (TPSA) is 69.7 Å². The Labute approximate surface area is 155 Å². The van der Waals surface area contributed by atoms with Gasteiger partial charge in [0.15, 0.2) is 0 Å². The fourth-order valence-corrected chi connectivity index (χ4v) is 5.30. The maximum atomic E-state index is 12.7. The number of piperidine rings is 1. The van der Waals surface area contributed by atoms with Crippen molar-refractivity contribution in [1.29, 1.82) is 0 Å². The minimum atomic E-state index is -3.36. The Morgan fingerprint density at radius 1 is 1.40 bits per heavy atom. The largest absolute Gasteiger partial charge is 0.353 e. The van der Waals surface area contributed by atoms with E-state index in [0.717, 1.165) is 25.9 Å². The van der Waals surface area contributed by atoms with Crippen LogP contribution in [0.15, 0.2) is 16.8 Å². The molecule has 0 unspecified atom stereocenters. The van der Waals surface area contributed by atoms with E-state index in [1.807, 2.05) is 5.38 Å². The molecule has 25 heavy (non-hydrogen) atoms. The van der Waals surface area contributed by atoms with Crippen molar-refractivity contribution in [3.05, 3.63) is 22.4 Å². The Morgan fingerprint density at radius 2 is 2.12 bits per heavy atom. The van der Waals surface area contributed by atoms with Crippen LogP contribution in [0.5, 0.6) is 0 Å². The van der Waals surface area contributed by atoms with Gasteiger partial charge >= 0.3 is 0 Å². The van der Waals surface area contributed by atoms with E-state index >= 15 is 0 Å². The Hall–Kier alpha value is -0.960. The third kappa shape index (κ3) is 5.26. The van der Waals surface area contributed by atoms with E-state index in [2.05, 4.69) is 35.5 Å². The second kappa shape index (κ2) is 9.12. The lowest BCUT2D eigenvalue weighted by atomic mass is 10.0. The zero-order valence-electron chi connectivity index (χ0n) is 15.3. The minimum absolute atomic E-state index is 0.112. The Bertz CT molecular complexity index is 642. The van der Waals surface area contributed by atoms with Crippen molar-refractivity contribution in [2.24, 2.45) is 0 Å². The maximum Gasteiger partial charge on any atom is 0.238 e. The first-order valence-corrected chi connectivity index (χ1v) is 11.7. The molecule has 2 atom stereocenters. The number of thiophene rings is 1. The van der Waals surface area contributed by atoms with Crippen molar-refractivity contribution in [3.8, 4) is 0 Å². The number of nitrogens with zero attached hydrogens (tertiary/aromatic N) is 2. The van der Waals surface area contributed by atoms with Gasteiger partial charge in [0.25, 0.3) is 0 Å². The van der Waals surface area contributed by atoms with E-state index in [1.165, 1.54) is 16.1 Å². The van der Waals surface area contributed by atoms with Gasteiger partial charge in [-0.05, 0) is 48.3 Å². The molecule has 1 aliphatic rings. The Balaban J connectivity index is 2.07. The number of hydrogen-bond donors (Lipinski definition) is 1. The smallest absolute Gasteiger partial charge is 0.238 e. The van der Waals surface area contributed by atoms with Crippen LogP contribution in [0.4, 0.5) is 0 Å². The predicted molar refractivity (Wildman–Crippen MR) is 102 cm³/mol. The molecule has 1 amide bonds. The molecule has 0 saturated carbocycles. The van der Waals surface area contributed by atoms with E-state index < -0.39 is 16.1 Å². The highest BCUT2D eigenvalue weighted by Gasteiger charge is 2.34. The molecule has 1 N–H and O–H groups in total. The number of rotatable bonds is 8. The van der Waals surface area contributed by atoms with Gasteiger partial charge in [0.2, 0.25) is 15.9 Å². The first-order valence-electron chi connectivity index (χ1n) is 8.89. The molecule has 142 valence electrons. The van der Waals surface area contributed by atoms with Gasteiger partial charge in [-0.2, -0.15) is 15.6 Å². The standard InChI is InChI=1S/C17H29N3O3S2/c1-4-19(5-2)16(14-9-11-24-13-14)12-18-17(21)15-8-6-7-10-20(15)25(3,22)23/h9,11,13,15-16H,4-8,10,12H2,1-3H3,(H,18,21)/t15-,16+/m0/s1. The summed E-state index contributed by atoms with van der Waals surface area (Å²) in [7, 11) is -3.36. The van der Waals surface area contributed by atoms with Crippen LogP contribution in [0.3, 0.4) is 0 Å². The summed E-state index contributed by atoms with van der Waals surface area (Å²) in [5, 5.41) is 7.16. The summed E-state index contributed by atoms with van der Waals surface area (Å²) in [5.74, 6) is -0.183. The highest BCUT2D eigenvalue weighted by atomic mass is 32.2. The predicted octanol–water partition coefficient (Wildman–Crippen LogP) is 2.06. The molecular formula is C17H29N3O3S2. The summed E-state index contributed by atoms with van der Waals surface area (Å²) in [6.07, 6.45) is 3.47. The first kappa shape index (κ1) is 20.4. The summed E-state index contributed by atoms with van der Waals surface area (Å²) in [5.41, 5.74) is 1.19. The van der Waals surface area contributed by atoms with Crippen LogP contribution in [0, 0.1) is 0 Å². The number of carbonyl (C=O) groups excluding carboxylic acids is 1. The molecule has 0 bridgehead atoms. The zero-order valence-corrected chi connectivity index (χ0v) is 16.9. The van der Waals surface area contributed by atoms with Crippen LogP contribution in [0.25, 0.3) is 0 Å².